The standard InChI is InChI=1S/C17H19N3S/c1-2-3-10-19-14-7-4-12(5-8-14)17-20-15-9-6-13(18)11-16(15)21-17/h4-9,11,19H,2-3,10,18H2,1H3. The summed E-state index contributed by atoms with van der Waals surface area (Å²) in [6, 6.07) is 14.3. The molecule has 0 spiro atoms. The van der Waals surface area contributed by atoms with Crippen LogP contribution in [-0.2, 0) is 0 Å². The molecule has 0 radical (unpaired) electrons. The maximum absolute atomic E-state index is 5.82. The highest BCUT2D eigenvalue weighted by Crippen LogP contribution is 2.31. The van der Waals surface area contributed by atoms with Crippen molar-refractivity contribution in [3.05, 3.63) is 42.5 Å². The molecule has 2 aromatic carbocycles. The molecule has 3 nitrogen and oxygen atoms in total. The Balaban J connectivity index is 1.81. The van der Waals surface area contributed by atoms with E-state index < -0.39 is 0 Å². The molecule has 3 N–H and O–H groups in total. The summed E-state index contributed by atoms with van der Waals surface area (Å²) in [6.45, 7) is 3.22. The maximum atomic E-state index is 5.82. The number of nitrogens with one attached hydrogen (secondary N) is 1. The largest absolute Gasteiger partial charge is 0.399 e. The molecule has 0 aliphatic carbocycles. The van der Waals surface area contributed by atoms with Crippen LogP contribution in [0.25, 0.3) is 20.8 Å². The quantitative estimate of drug-likeness (QED) is 0.527. The number of rotatable bonds is 5. The molecule has 0 saturated carbocycles. The van der Waals surface area contributed by atoms with E-state index in [1.54, 1.807) is 11.3 Å². The predicted molar refractivity (Wildman–Crippen MR) is 92.9 cm³/mol. The summed E-state index contributed by atoms with van der Waals surface area (Å²) in [7, 11) is 0. The molecule has 3 aromatic rings. The number of thiazole rings is 1. The second-order valence-corrected chi connectivity index (χ2v) is 6.13. The van der Waals surface area contributed by atoms with E-state index in [2.05, 4.69) is 41.5 Å². The predicted octanol–water partition coefficient (Wildman–Crippen LogP) is 4.76. The Bertz CT molecular complexity index is 731. The van der Waals surface area contributed by atoms with Crippen LogP contribution in [0.1, 0.15) is 19.8 Å². The van der Waals surface area contributed by atoms with Gasteiger partial charge in [0.05, 0.1) is 10.2 Å². The third kappa shape index (κ3) is 3.16. The number of benzene rings is 2. The molecule has 4 heteroatoms. The van der Waals surface area contributed by atoms with Gasteiger partial charge in [-0.25, -0.2) is 4.98 Å². The fourth-order valence-electron chi connectivity index (χ4n) is 2.20. The number of unbranched alkanes of at least 4 members (excludes halogenated alkanes) is 1. The molecule has 0 fully saturated rings. The van der Waals surface area contributed by atoms with Crippen molar-refractivity contribution in [2.75, 3.05) is 17.6 Å². The van der Waals surface area contributed by atoms with Crippen molar-refractivity contribution in [3.8, 4) is 10.6 Å². The third-order valence-corrected chi connectivity index (χ3v) is 4.47. The van der Waals surface area contributed by atoms with E-state index in [1.807, 2.05) is 18.2 Å². The first kappa shape index (κ1) is 13.9. The van der Waals surface area contributed by atoms with Gasteiger partial charge in [0, 0.05) is 23.5 Å². The van der Waals surface area contributed by atoms with Crippen molar-refractivity contribution < 1.29 is 0 Å². The molecule has 108 valence electrons. The normalized spacial score (nSPS) is 10.9. The summed E-state index contributed by atoms with van der Waals surface area (Å²) in [6.07, 6.45) is 2.40. The molecule has 0 aliphatic heterocycles. The number of hydrogen-bond acceptors (Lipinski definition) is 4. The van der Waals surface area contributed by atoms with Gasteiger partial charge in [0.2, 0.25) is 0 Å². The van der Waals surface area contributed by atoms with Crippen LogP contribution in [0.3, 0.4) is 0 Å². The fourth-order valence-corrected chi connectivity index (χ4v) is 3.22. The minimum absolute atomic E-state index is 0.785. The maximum Gasteiger partial charge on any atom is 0.124 e. The van der Waals surface area contributed by atoms with Crippen LogP contribution in [0.2, 0.25) is 0 Å². The van der Waals surface area contributed by atoms with Gasteiger partial charge >= 0.3 is 0 Å². The Morgan fingerprint density at radius 2 is 1.95 bits per heavy atom. The number of fused-ring (bicyclic) bond motifs is 1. The molecule has 0 atom stereocenters. The molecule has 0 saturated heterocycles. The number of aromatic nitrogens is 1. The first-order valence-electron chi connectivity index (χ1n) is 7.26. The number of nitrogen functional groups attached to an aromatic ring is 1. The van der Waals surface area contributed by atoms with Crippen LogP contribution >= 0.6 is 11.3 Å². The van der Waals surface area contributed by atoms with Crippen LogP contribution in [-0.4, -0.2) is 11.5 Å². The molecule has 0 aliphatic rings. The topological polar surface area (TPSA) is 50.9 Å². The Labute approximate surface area is 128 Å². The lowest BCUT2D eigenvalue weighted by Gasteiger charge is -2.05. The molecule has 21 heavy (non-hydrogen) atoms. The Morgan fingerprint density at radius 1 is 1.14 bits per heavy atom. The minimum Gasteiger partial charge on any atom is -0.399 e. The summed E-state index contributed by atoms with van der Waals surface area (Å²) in [4.78, 5) is 4.67. The molecule has 1 aromatic heterocycles. The first-order chi connectivity index (χ1) is 10.3. The number of nitrogens with zero attached hydrogens (tertiary/aromatic N) is 1. The number of nitrogens with two attached hydrogens (primary N) is 1. The first-order valence-corrected chi connectivity index (χ1v) is 8.08. The van der Waals surface area contributed by atoms with Crippen molar-refractivity contribution in [2.24, 2.45) is 0 Å². The Morgan fingerprint density at radius 3 is 2.71 bits per heavy atom. The van der Waals surface area contributed by atoms with Crippen molar-refractivity contribution in [1.82, 2.24) is 4.98 Å². The van der Waals surface area contributed by atoms with Crippen LogP contribution in [0, 0.1) is 0 Å². The summed E-state index contributed by atoms with van der Waals surface area (Å²) in [5, 5.41) is 4.46. The van der Waals surface area contributed by atoms with E-state index in [9.17, 15) is 0 Å². The average Bonchev–Trinajstić information content (AvgIpc) is 2.91. The van der Waals surface area contributed by atoms with Crippen LogP contribution in [0.5, 0.6) is 0 Å². The summed E-state index contributed by atoms with van der Waals surface area (Å²) < 4.78 is 1.13. The van der Waals surface area contributed by atoms with Gasteiger partial charge in [-0.3, -0.25) is 0 Å². The lowest BCUT2D eigenvalue weighted by Crippen LogP contribution is -2.00. The van der Waals surface area contributed by atoms with Gasteiger partial charge in [-0.1, -0.05) is 13.3 Å². The van der Waals surface area contributed by atoms with E-state index >= 15 is 0 Å². The van der Waals surface area contributed by atoms with Crippen LogP contribution in [0.4, 0.5) is 11.4 Å². The second-order valence-electron chi connectivity index (χ2n) is 5.10. The Kier molecular flexibility index (Phi) is 4.06. The van der Waals surface area contributed by atoms with Gasteiger partial charge in [-0.2, -0.15) is 0 Å². The number of anilines is 2. The molecular weight excluding hydrogens is 278 g/mol. The zero-order valence-electron chi connectivity index (χ0n) is 12.1. The molecule has 0 unspecified atom stereocenters. The van der Waals surface area contributed by atoms with E-state index in [-0.39, 0.29) is 0 Å². The fraction of sp³-hybridized carbons (Fsp3) is 0.235. The molecule has 0 amide bonds. The van der Waals surface area contributed by atoms with Gasteiger partial charge < -0.3 is 11.1 Å². The van der Waals surface area contributed by atoms with Crippen LogP contribution in [0.15, 0.2) is 42.5 Å². The lowest BCUT2D eigenvalue weighted by molar-refractivity contribution is 0.834. The highest BCUT2D eigenvalue weighted by molar-refractivity contribution is 7.21. The monoisotopic (exact) mass is 297 g/mol. The summed E-state index contributed by atoms with van der Waals surface area (Å²) in [5.41, 5.74) is 9.93. The molecule has 1 heterocycles. The minimum atomic E-state index is 0.785. The van der Waals surface area contributed by atoms with Crippen molar-refractivity contribution in [2.45, 2.75) is 19.8 Å². The van der Waals surface area contributed by atoms with E-state index in [0.29, 0.717) is 0 Å². The lowest BCUT2D eigenvalue weighted by atomic mass is 10.2. The van der Waals surface area contributed by atoms with Crippen molar-refractivity contribution in [1.29, 1.82) is 0 Å². The third-order valence-electron chi connectivity index (χ3n) is 3.40. The summed E-state index contributed by atoms with van der Waals surface area (Å²) in [5.74, 6) is 0. The smallest absolute Gasteiger partial charge is 0.124 e. The molecule has 3 rings (SSSR count). The van der Waals surface area contributed by atoms with Gasteiger partial charge in [-0.15, -0.1) is 11.3 Å². The average molecular weight is 297 g/mol. The van der Waals surface area contributed by atoms with Gasteiger partial charge in [0.15, 0.2) is 0 Å². The van der Waals surface area contributed by atoms with Crippen molar-refractivity contribution >= 4 is 32.9 Å². The summed E-state index contributed by atoms with van der Waals surface area (Å²) >= 11 is 1.68. The SMILES string of the molecule is CCCCNc1ccc(-c2nc3ccc(N)cc3s2)cc1. The second kappa shape index (κ2) is 6.14. The van der Waals surface area contributed by atoms with Crippen LogP contribution < -0.4 is 11.1 Å². The Hall–Kier alpha value is -2.07. The zero-order valence-corrected chi connectivity index (χ0v) is 12.9. The van der Waals surface area contributed by atoms with E-state index in [0.717, 1.165) is 38.7 Å². The highest BCUT2D eigenvalue weighted by atomic mass is 32.1. The molecule has 0 bridgehead atoms. The van der Waals surface area contributed by atoms with Gasteiger partial charge in [0.25, 0.3) is 0 Å². The van der Waals surface area contributed by atoms with E-state index in [1.165, 1.54) is 12.8 Å². The number of hydrogen-bond donors (Lipinski definition) is 2. The zero-order chi connectivity index (χ0) is 14.7. The van der Waals surface area contributed by atoms with Crippen molar-refractivity contribution in [3.63, 3.8) is 0 Å². The van der Waals surface area contributed by atoms with Gasteiger partial charge in [-0.05, 0) is 48.9 Å². The highest BCUT2D eigenvalue weighted by Gasteiger charge is 2.06. The molecular formula is C17H19N3S. The van der Waals surface area contributed by atoms with E-state index in [4.69, 9.17) is 5.73 Å². The van der Waals surface area contributed by atoms with Gasteiger partial charge in [0.1, 0.15) is 5.01 Å².